The quantitative estimate of drug-likeness (QED) is 0.347. The molecule has 0 saturated carbocycles. The summed E-state index contributed by atoms with van der Waals surface area (Å²) < 4.78 is 11.6. The average Bonchev–Trinajstić information content (AvgIpc) is 3.18. The van der Waals surface area contributed by atoms with Crippen molar-refractivity contribution in [1.82, 2.24) is 4.90 Å². The summed E-state index contributed by atoms with van der Waals surface area (Å²) in [6, 6.07) is 12.2. The second-order valence-corrected chi connectivity index (χ2v) is 14.9. The van der Waals surface area contributed by atoms with E-state index < -0.39 is 8.07 Å². The van der Waals surface area contributed by atoms with Gasteiger partial charge >= 0.3 is 6.09 Å². The number of hydrogen-bond donors (Lipinski definition) is 0. The molecule has 5 nitrogen and oxygen atoms in total. The van der Waals surface area contributed by atoms with Gasteiger partial charge in [-0.2, -0.15) is 0 Å². The van der Waals surface area contributed by atoms with Crippen LogP contribution in [0.25, 0.3) is 0 Å². The van der Waals surface area contributed by atoms with Crippen LogP contribution < -0.4 is 4.74 Å². The van der Waals surface area contributed by atoms with Gasteiger partial charge in [0.25, 0.3) is 0 Å². The molecule has 0 unspecified atom stereocenters. The van der Waals surface area contributed by atoms with E-state index in [1.165, 1.54) is 6.92 Å². The zero-order valence-corrected chi connectivity index (χ0v) is 19.8. The molecule has 1 atom stereocenters. The van der Waals surface area contributed by atoms with Crippen molar-refractivity contribution in [1.29, 1.82) is 0 Å². The number of carbonyl (C=O) groups is 2. The Morgan fingerprint density at radius 2 is 1.86 bits per heavy atom. The van der Waals surface area contributed by atoms with Gasteiger partial charge in [-0.3, -0.25) is 4.79 Å². The van der Waals surface area contributed by atoms with Crippen LogP contribution in [0.5, 0.6) is 5.75 Å². The van der Waals surface area contributed by atoms with Crippen molar-refractivity contribution in [2.45, 2.75) is 45.1 Å². The van der Waals surface area contributed by atoms with Gasteiger partial charge < -0.3 is 14.4 Å². The Morgan fingerprint density at radius 3 is 2.48 bits per heavy atom. The molecule has 0 bridgehead atoms. The van der Waals surface area contributed by atoms with Gasteiger partial charge in [-0.25, -0.2) is 4.79 Å². The number of benzene rings is 1. The second-order valence-electron chi connectivity index (χ2n) is 8.31. The van der Waals surface area contributed by atoms with Crippen molar-refractivity contribution < 1.29 is 19.1 Å². The number of Topliss-reactive ketones (excluding diaryl/α,β-unsaturated/α-hetero) is 1. The number of amides is 1. The normalized spacial score (nSPS) is 12.3. The first kappa shape index (κ1) is 23.2. The van der Waals surface area contributed by atoms with Gasteiger partial charge in [0.05, 0.1) is 12.2 Å². The maximum atomic E-state index is 12.3. The summed E-state index contributed by atoms with van der Waals surface area (Å²) in [6.45, 7) is 9.27. The highest BCUT2D eigenvalue weighted by Crippen LogP contribution is 2.30. The molecular weight excluding hydrogens is 402 g/mol. The van der Waals surface area contributed by atoms with E-state index in [9.17, 15) is 9.59 Å². The predicted molar refractivity (Wildman–Crippen MR) is 121 cm³/mol. The van der Waals surface area contributed by atoms with Crippen LogP contribution in [0.2, 0.25) is 25.7 Å². The summed E-state index contributed by atoms with van der Waals surface area (Å²) in [4.78, 5) is 26.8. The minimum Gasteiger partial charge on any atom is -0.484 e. The van der Waals surface area contributed by atoms with E-state index in [-0.39, 0.29) is 18.0 Å². The largest absolute Gasteiger partial charge is 0.484 e. The standard InChI is InChI=1S/C22H31NO4SSi/c1-17(24)18-9-6-7-10-19(18)27-20(21-11-8-15-28-21)12-13-23(2)22(25)26-14-16-29(3,4)5/h6-11,15,20H,12-14,16H2,1-5H3/t20-/m0/s1. The van der Waals surface area contributed by atoms with Crippen LogP contribution in [0.3, 0.4) is 0 Å². The zero-order valence-electron chi connectivity index (χ0n) is 17.9. The maximum Gasteiger partial charge on any atom is 0.409 e. The summed E-state index contributed by atoms with van der Waals surface area (Å²) in [5.41, 5.74) is 0.563. The number of nitrogens with zero attached hydrogens (tertiary/aromatic N) is 1. The molecule has 0 spiro atoms. The fourth-order valence-electron chi connectivity index (χ4n) is 2.70. The molecule has 2 aromatic rings. The second kappa shape index (κ2) is 10.6. The van der Waals surface area contributed by atoms with Gasteiger partial charge in [0.15, 0.2) is 5.78 Å². The van der Waals surface area contributed by atoms with Crippen LogP contribution in [0.15, 0.2) is 41.8 Å². The lowest BCUT2D eigenvalue weighted by molar-refractivity contribution is 0.100. The van der Waals surface area contributed by atoms with Gasteiger partial charge in [-0.15, -0.1) is 11.3 Å². The van der Waals surface area contributed by atoms with Crippen molar-refractivity contribution in [2.75, 3.05) is 20.2 Å². The Hall–Kier alpha value is -2.12. The first-order valence-corrected chi connectivity index (χ1v) is 14.4. The fraction of sp³-hybridized carbons (Fsp3) is 0.455. The molecule has 0 N–H and O–H groups in total. The Kier molecular flexibility index (Phi) is 8.46. The van der Waals surface area contributed by atoms with Crippen molar-refractivity contribution in [3.05, 3.63) is 52.2 Å². The summed E-state index contributed by atoms with van der Waals surface area (Å²) >= 11 is 1.60. The van der Waals surface area contributed by atoms with E-state index in [0.717, 1.165) is 10.9 Å². The lowest BCUT2D eigenvalue weighted by Gasteiger charge is -2.23. The molecule has 0 aliphatic carbocycles. The Balaban J connectivity index is 2.00. The van der Waals surface area contributed by atoms with Crippen molar-refractivity contribution in [3.63, 3.8) is 0 Å². The van der Waals surface area contributed by atoms with E-state index in [1.807, 2.05) is 35.7 Å². The molecule has 0 aliphatic rings. The van der Waals surface area contributed by atoms with Crippen molar-refractivity contribution >= 4 is 31.3 Å². The molecular formula is C22H31NO4SSi. The highest BCUT2D eigenvalue weighted by molar-refractivity contribution is 7.10. The van der Waals surface area contributed by atoms with Crippen LogP contribution in [0.4, 0.5) is 4.79 Å². The Labute approximate surface area is 178 Å². The highest BCUT2D eigenvalue weighted by Gasteiger charge is 2.21. The van der Waals surface area contributed by atoms with Crippen LogP contribution in [-0.4, -0.2) is 45.0 Å². The predicted octanol–water partition coefficient (Wildman–Crippen LogP) is 5.87. The summed E-state index contributed by atoms with van der Waals surface area (Å²) in [6.07, 6.45) is 0.0527. The van der Waals surface area contributed by atoms with Crippen molar-refractivity contribution in [2.24, 2.45) is 0 Å². The van der Waals surface area contributed by atoms with E-state index in [1.54, 1.807) is 29.4 Å². The van der Waals surface area contributed by atoms with Gasteiger partial charge in [-0.05, 0) is 36.5 Å². The number of ketones is 1. The van der Waals surface area contributed by atoms with Crippen LogP contribution in [-0.2, 0) is 4.74 Å². The smallest absolute Gasteiger partial charge is 0.409 e. The van der Waals surface area contributed by atoms with E-state index in [4.69, 9.17) is 9.47 Å². The minimum absolute atomic E-state index is 0.0337. The van der Waals surface area contributed by atoms with Crippen LogP contribution >= 0.6 is 11.3 Å². The summed E-state index contributed by atoms with van der Waals surface area (Å²) in [5, 5.41) is 2.00. The molecule has 0 saturated heterocycles. The number of ether oxygens (including phenoxy) is 2. The monoisotopic (exact) mass is 433 g/mol. The Morgan fingerprint density at radius 1 is 1.14 bits per heavy atom. The molecule has 0 fully saturated rings. The first-order chi connectivity index (χ1) is 13.7. The third-order valence-electron chi connectivity index (χ3n) is 4.51. The lowest BCUT2D eigenvalue weighted by atomic mass is 10.1. The first-order valence-electron chi connectivity index (χ1n) is 9.85. The van der Waals surface area contributed by atoms with Crippen LogP contribution in [0.1, 0.15) is 34.7 Å². The number of para-hydroxylation sites is 1. The number of carbonyl (C=O) groups excluding carboxylic acids is 2. The molecule has 7 heteroatoms. The highest BCUT2D eigenvalue weighted by atomic mass is 32.1. The van der Waals surface area contributed by atoms with E-state index in [0.29, 0.717) is 30.9 Å². The topological polar surface area (TPSA) is 55.8 Å². The molecule has 0 radical (unpaired) electrons. The Bertz CT molecular complexity index is 801. The lowest BCUT2D eigenvalue weighted by Crippen LogP contribution is -2.31. The van der Waals surface area contributed by atoms with Crippen LogP contribution in [0, 0.1) is 0 Å². The number of hydrogen-bond acceptors (Lipinski definition) is 5. The molecule has 1 aromatic heterocycles. The van der Waals surface area contributed by atoms with E-state index in [2.05, 4.69) is 19.6 Å². The number of thiophene rings is 1. The van der Waals surface area contributed by atoms with Gasteiger partial charge in [0, 0.05) is 33.0 Å². The molecule has 29 heavy (non-hydrogen) atoms. The number of rotatable bonds is 10. The van der Waals surface area contributed by atoms with Gasteiger partial charge in [0.1, 0.15) is 11.9 Å². The molecule has 2 rings (SSSR count). The molecule has 0 aliphatic heterocycles. The zero-order chi connectivity index (χ0) is 21.4. The van der Waals surface area contributed by atoms with E-state index >= 15 is 0 Å². The SMILES string of the molecule is CC(=O)c1ccccc1O[C@@H](CCN(C)C(=O)OCC[Si](C)(C)C)c1cccs1. The average molecular weight is 434 g/mol. The fourth-order valence-corrected chi connectivity index (χ4v) is 4.21. The molecule has 158 valence electrons. The van der Waals surface area contributed by atoms with Gasteiger partial charge in [-0.1, -0.05) is 37.8 Å². The summed E-state index contributed by atoms with van der Waals surface area (Å²) in [5.74, 6) is 0.535. The third kappa shape index (κ3) is 7.66. The van der Waals surface area contributed by atoms with Crippen molar-refractivity contribution in [3.8, 4) is 5.75 Å². The maximum absolute atomic E-state index is 12.3. The molecule has 1 amide bonds. The molecule has 1 aromatic carbocycles. The third-order valence-corrected chi connectivity index (χ3v) is 7.18. The molecule has 1 heterocycles. The minimum atomic E-state index is -1.23. The van der Waals surface area contributed by atoms with Gasteiger partial charge in [0.2, 0.25) is 0 Å². The summed E-state index contributed by atoms with van der Waals surface area (Å²) in [7, 11) is 0.510.